The van der Waals surface area contributed by atoms with Crippen molar-refractivity contribution in [1.29, 1.82) is 0 Å². The first-order chi connectivity index (χ1) is 10.8. The van der Waals surface area contributed by atoms with Crippen molar-refractivity contribution in [1.82, 2.24) is 14.9 Å². The lowest BCUT2D eigenvalue weighted by atomic mass is 9.91. The predicted octanol–water partition coefficient (Wildman–Crippen LogP) is 2.13. The third kappa shape index (κ3) is 3.91. The molecule has 3 rings (SSSR count). The summed E-state index contributed by atoms with van der Waals surface area (Å²) in [6, 6.07) is 0. The van der Waals surface area contributed by atoms with Crippen LogP contribution in [0.4, 0.5) is 13.2 Å². The highest BCUT2D eigenvalue weighted by Gasteiger charge is 2.47. The van der Waals surface area contributed by atoms with Gasteiger partial charge in [-0.1, -0.05) is 6.92 Å². The van der Waals surface area contributed by atoms with Crippen LogP contribution in [0, 0.1) is 11.3 Å². The summed E-state index contributed by atoms with van der Waals surface area (Å²) in [6.45, 7) is 4.99. The molecule has 128 valence electrons. The zero-order valence-corrected chi connectivity index (χ0v) is 13.8. The second-order valence-corrected chi connectivity index (χ2v) is 8.39. The van der Waals surface area contributed by atoms with Crippen LogP contribution in [0.15, 0.2) is 12.4 Å². The Morgan fingerprint density at radius 3 is 2.57 bits per heavy atom. The summed E-state index contributed by atoms with van der Waals surface area (Å²) in [4.78, 5) is 9.19. The Hall–Kier alpha value is -1.02. The Balaban J connectivity index is 1.50. The van der Waals surface area contributed by atoms with Gasteiger partial charge in [0.2, 0.25) is 5.82 Å². The molecule has 0 amide bonds. The molecule has 1 aromatic heterocycles. The van der Waals surface area contributed by atoms with Gasteiger partial charge in [0, 0.05) is 53.2 Å². The lowest BCUT2D eigenvalue weighted by Crippen LogP contribution is -2.47. The molecule has 8 heteroatoms. The van der Waals surface area contributed by atoms with E-state index in [9.17, 15) is 17.4 Å². The van der Waals surface area contributed by atoms with Gasteiger partial charge >= 0.3 is 6.18 Å². The SMILES string of the molecule is CC(Cc1cnc(C(F)(F)F)nc1)CN1CCC2(C1)CS(=O)C2. The van der Waals surface area contributed by atoms with Gasteiger partial charge in [-0.25, -0.2) is 9.97 Å². The minimum Gasteiger partial charge on any atom is -0.302 e. The first-order valence-corrected chi connectivity index (χ1v) is 9.20. The molecule has 0 radical (unpaired) electrons. The van der Waals surface area contributed by atoms with Gasteiger partial charge in [-0.05, 0) is 30.9 Å². The molecule has 2 saturated heterocycles. The van der Waals surface area contributed by atoms with Gasteiger partial charge in [0.05, 0.1) is 0 Å². The molecule has 0 aromatic carbocycles. The number of rotatable bonds is 4. The summed E-state index contributed by atoms with van der Waals surface area (Å²) in [5, 5.41) is 0. The predicted molar refractivity (Wildman–Crippen MR) is 81.3 cm³/mol. The third-order valence-electron chi connectivity index (χ3n) is 4.56. The molecule has 3 heterocycles. The molecule has 0 saturated carbocycles. The number of aromatic nitrogens is 2. The first-order valence-electron chi connectivity index (χ1n) is 7.71. The van der Waals surface area contributed by atoms with Crippen LogP contribution in [0.5, 0.6) is 0 Å². The van der Waals surface area contributed by atoms with Crippen LogP contribution in [0.3, 0.4) is 0 Å². The molecule has 0 N–H and O–H groups in total. The number of halogens is 3. The van der Waals surface area contributed by atoms with Crippen LogP contribution in [-0.2, 0) is 23.4 Å². The molecular weight excluding hydrogens is 327 g/mol. The molecule has 2 aliphatic rings. The van der Waals surface area contributed by atoms with Crippen LogP contribution < -0.4 is 0 Å². The molecule has 2 aliphatic heterocycles. The maximum atomic E-state index is 12.4. The third-order valence-corrected chi connectivity index (χ3v) is 6.43. The molecule has 0 bridgehead atoms. The lowest BCUT2D eigenvalue weighted by Gasteiger charge is -2.37. The van der Waals surface area contributed by atoms with E-state index in [-0.39, 0.29) is 5.41 Å². The van der Waals surface area contributed by atoms with Crippen molar-refractivity contribution in [2.45, 2.75) is 25.9 Å². The Labute approximate surface area is 136 Å². The van der Waals surface area contributed by atoms with Crippen LogP contribution in [0.1, 0.15) is 24.7 Å². The molecule has 1 spiro atoms. The molecule has 0 aliphatic carbocycles. The van der Waals surface area contributed by atoms with Gasteiger partial charge in [-0.3, -0.25) is 4.21 Å². The fourth-order valence-corrected chi connectivity index (χ4v) is 5.33. The molecule has 4 nitrogen and oxygen atoms in total. The Morgan fingerprint density at radius 1 is 1.35 bits per heavy atom. The van der Waals surface area contributed by atoms with Crippen molar-refractivity contribution in [3.05, 3.63) is 23.8 Å². The molecular formula is C15H20F3N3OS. The van der Waals surface area contributed by atoms with E-state index in [1.807, 2.05) is 0 Å². The number of alkyl halides is 3. The van der Waals surface area contributed by atoms with E-state index in [2.05, 4.69) is 21.8 Å². The molecule has 23 heavy (non-hydrogen) atoms. The van der Waals surface area contributed by atoms with Crippen LogP contribution in [-0.4, -0.2) is 50.2 Å². The smallest absolute Gasteiger partial charge is 0.302 e. The summed E-state index contributed by atoms with van der Waals surface area (Å²) < 4.78 is 48.6. The molecule has 1 aromatic rings. The second kappa shape index (κ2) is 6.12. The summed E-state index contributed by atoms with van der Waals surface area (Å²) in [5.74, 6) is 0.874. The number of hydrogen-bond donors (Lipinski definition) is 0. The molecule has 2 fully saturated rings. The number of nitrogens with zero attached hydrogens (tertiary/aromatic N) is 3. The molecule has 1 atom stereocenters. The van der Waals surface area contributed by atoms with Gasteiger partial charge in [0.15, 0.2) is 0 Å². The largest absolute Gasteiger partial charge is 0.451 e. The van der Waals surface area contributed by atoms with Crippen LogP contribution in [0.25, 0.3) is 0 Å². The normalized spacial score (nSPS) is 29.7. The van der Waals surface area contributed by atoms with Crippen LogP contribution in [0.2, 0.25) is 0 Å². The molecule has 1 unspecified atom stereocenters. The van der Waals surface area contributed by atoms with Gasteiger partial charge in [-0.2, -0.15) is 13.2 Å². The topological polar surface area (TPSA) is 46.1 Å². The van der Waals surface area contributed by atoms with E-state index < -0.39 is 22.8 Å². The van der Waals surface area contributed by atoms with Crippen molar-refractivity contribution < 1.29 is 17.4 Å². The fraction of sp³-hybridized carbons (Fsp3) is 0.733. The van der Waals surface area contributed by atoms with Crippen molar-refractivity contribution in [2.24, 2.45) is 11.3 Å². The van der Waals surface area contributed by atoms with E-state index in [0.717, 1.165) is 43.1 Å². The fourth-order valence-electron chi connectivity index (χ4n) is 3.57. The highest BCUT2D eigenvalue weighted by atomic mass is 32.2. The lowest BCUT2D eigenvalue weighted by molar-refractivity contribution is -0.145. The van der Waals surface area contributed by atoms with E-state index in [4.69, 9.17) is 0 Å². The van der Waals surface area contributed by atoms with E-state index in [1.54, 1.807) is 0 Å². The van der Waals surface area contributed by atoms with Crippen molar-refractivity contribution in [3.8, 4) is 0 Å². The van der Waals surface area contributed by atoms with Crippen molar-refractivity contribution in [2.75, 3.05) is 31.1 Å². The van der Waals surface area contributed by atoms with Crippen molar-refractivity contribution in [3.63, 3.8) is 0 Å². The van der Waals surface area contributed by atoms with Gasteiger partial charge in [-0.15, -0.1) is 0 Å². The van der Waals surface area contributed by atoms with Gasteiger partial charge in [0.25, 0.3) is 0 Å². The van der Waals surface area contributed by atoms with Crippen LogP contribution >= 0.6 is 0 Å². The van der Waals surface area contributed by atoms with Gasteiger partial charge < -0.3 is 4.90 Å². The summed E-state index contributed by atoms with van der Waals surface area (Å²) in [6.07, 6.45) is -0.182. The van der Waals surface area contributed by atoms with E-state index >= 15 is 0 Å². The summed E-state index contributed by atoms with van der Waals surface area (Å²) in [5.41, 5.74) is 0.992. The first kappa shape index (κ1) is 16.8. The summed E-state index contributed by atoms with van der Waals surface area (Å²) >= 11 is 0. The quantitative estimate of drug-likeness (QED) is 0.837. The second-order valence-electron chi connectivity index (χ2n) is 6.94. The minimum atomic E-state index is -4.49. The maximum Gasteiger partial charge on any atom is 0.451 e. The Kier molecular flexibility index (Phi) is 4.48. The van der Waals surface area contributed by atoms with Gasteiger partial charge in [0.1, 0.15) is 0 Å². The standard InChI is InChI=1S/C15H20F3N3OS/c1-11(4-12-5-19-13(20-6-12)15(16,17)18)7-21-3-2-14(8-21)9-23(22)10-14/h5-6,11H,2-4,7-10H2,1H3. The Morgan fingerprint density at radius 2 is 2.00 bits per heavy atom. The zero-order valence-electron chi connectivity index (χ0n) is 13.0. The highest BCUT2D eigenvalue weighted by molar-refractivity contribution is 7.86. The average Bonchev–Trinajstić information content (AvgIpc) is 2.81. The summed E-state index contributed by atoms with van der Waals surface area (Å²) in [7, 11) is -0.625. The average molecular weight is 347 g/mol. The van der Waals surface area contributed by atoms with Crippen molar-refractivity contribution >= 4 is 10.8 Å². The minimum absolute atomic E-state index is 0.266. The monoisotopic (exact) mass is 347 g/mol. The highest BCUT2D eigenvalue weighted by Crippen LogP contribution is 2.39. The zero-order chi connectivity index (χ0) is 16.7. The maximum absolute atomic E-state index is 12.4. The number of hydrogen-bond acceptors (Lipinski definition) is 4. The van der Waals surface area contributed by atoms with E-state index in [1.165, 1.54) is 12.4 Å². The Bertz CT molecular complexity index is 583. The van der Waals surface area contributed by atoms with E-state index in [0.29, 0.717) is 12.3 Å². The number of likely N-dealkylation sites (tertiary alicyclic amines) is 1.